The summed E-state index contributed by atoms with van der Waals surface area (Å²) in [5.74, 6) is -0.755. The molecule has 0 amide bonds. The topological polar surface area (TPSA) is 88.9 Å². The Bertz CT molecular complexity index is 664. The lowest BCUT2D eigenvalue weighted by molar-refractivity contribution is -0.384. The van der Waals surface area contributed by atoms with Gasteiger partial charge in [0, 0.05) is 17.7 Å². The predicted octanol–water partition coefficient (Wildman–Crippen LogP) is 1.79. The number of rotatable bonds is 2. The van der Waals surface area contributed by atoms with E-state index < -0.39 is 16.3 Å². The molecule has 0 radical (unpaired) electrons. The number of hydrogen-bond acceptors (Lipinski definition) is 4. The molecule has 2 aromatic rings. The van der Waals surface area contributed by atoms with Gasteiger partial charge in [-0.3, -0.25) is 14.9 Å². The Balaban J connectivity index is 2.49. The third-order valence-electron chi connectivity index (χ3n) is 2.38. The highest BCUT2D eigenvalue weighted by Crippen LogP contribution is 2.18. The number of aromatic nitrogens is 2. The fourth-order valence-electron chi connectivity index (χ4n) is 1.45. The van der Waals surface area contributed by atoms with E-state index in [-0.39, 0.29) is 17.2 Å². The van der Waals surface area contributed by atoms with Crippen LogP contribution in [0.3, 0.4) is 0 Å². The number of H-pyrrole nitrogens is 1. The number of benzene rings is 1. The van der Waals surface area contributed by atoms with Crippen LogP contribution < -0.4 is 5.56 Å². The molecule has 0 saturated heterocycles. The molecule has 0 aliphatic carbocycles. The van der Waals surface area contributed by atoms with Crippen molar-refractivity contribution < 1.29 is 9.31 Å². The second-order valence-electron chi connectivity index (χ2n) is 3.62. The van der Waals surface area contributed by atoms with Crippen LogP contribution in [-0.4, -0.2) is 14.9 Å². The van der Waals surface area contributed by atoms with Gasteiger partial charge in [-0.2, -0.15) is 4.39 Å². The quantitative estimate of drug-likeness (QED) is 0.649. The molecule has 0 aliphatic heterocycles. The molecule has 1 aromatic heterocycles. The Labute approximate surface area is 100 Å². The van der Waals surface area contributed by atoms with Crippen LogP contribution in [0.1, 0.15) is 5.69 Å². The van der Waals surface area contributed by atoms with Crippen molar-refractivity contribution >= 4 is 5.69 Å². The molecule has 0 fully saturated rings. The average Bonchev–Trinajstić information content (AvgIpc) is 2.35. The van der Waals surface area contributed by atoms with Crippen molar-refractivity contribution in [3.63, 3.8) is 0 Å². The summed E-state index contributed by atoms with van der Waals surface area (Å²) in [6.07, 6.45) is 0. The highest BCUT2D eigenvalue weighted by molar-refractivity contribution is 5.57. The van der Waals surface area contributed by atoms with Crippen molar-refractivity contribution in [1.29, 1.82) is 0 Å². The van der Waals surface area contributed by atoms with Crippen molar-refractivity contribution in [2.45, 2.75) is 6.92 Å². The summed E-state index contributed by atoms with van der Waals surface area (Å²) >= 11 is 0. The van der Waals surface area contributed by atoms with Crippen LogP contribution in [0.5, 0.6) is 0 Å². The lowest BCUT2D eigenvalue weighted by atomic mass is 10.2. The minimum atomic E-state index is -0.930. The fourth-order valence-corrected chi connectivity index (χ4v) is 1.45. The monoisotopic (exact) mass is 249 g/mol. The molecule has 92 valence electrons. The number of nitro benzene ring substituents is 1. The SMILES string of the molecule is Cc1nc(-c2ccc([N+](=O)[O-])cc2)[nH]c(=O)c1F. The summed E-state index contributed by atoms with van der Waals surface area (Å²) in [5, 5.41) is 10.5. The summed E-state index contributed by atoms with van der Waals surface area (Å²) < 4.78 is 13.1. The fraction of sp³-hybridized carbons (Fsp3) is 0.0909. The molecule has 0 aliphatic rings. The maximum atomic E-state index is 13.1. The summed E-state index contributed by atoms with van der Waals surface area (Å²) in [6, 6.07) is 5.45. The summed E-state index contributed by atoms with van der Waals surface area (Å²) in [6.45, 7) is 1.37. The number of non-ortho nitro benzene ring substituents is 1. The molecule has 0 unspecified atom stereocenters. The van der Waals surface area contributed by atoms with Gasteiger partial charge in [-0.05, 0) is 19.1 Å². The summed E-state index contributed by atoms with van der Waals surface area (Å²) in [4.78, 5) is 27.3. The Kier molecular flexibility index (Phi) is 2.88. The van der Waals surface area contributed by atoms with Gasteiger partial charge in [0.2, 0.25) is 5.82 Å². The van der Waals surface area contributed by atoms with E-state index in [0.717, 1.165) is 0 Å². The number of aromatic amines is 1. The van der Waals surface area contributed by atoms with Crippen LogP contribution in [0.25, 0.3) is 11.4 Å². The second-order valence-corrected chi connectivity index (χ2v) is 3.62. The smallest absolute Gasteiger partial charge is 0.287 e. The molecule has 0 spiro atoms. The third-order valence-corrected chi connectivity index (χ3v) is 2.38. The minimum Gasteiger partial charge on any atom is -0.304 e. The van der Waals surface area contributed by atoms with Gasteiger partial charge in [0.25, 0.3) is 11.2 Å². The van der Waals surface area contributed by atoms with Crippen LogP contribution in [0.4, 0.5) is 10.1 Å². The Hall–Kier alpha value is -2.57. The van der Waals surface area contributed by atoms with Gasteiger partial charge in [-0.1, -0.05) is 0 Å². The molecular weight excluding hydrogens is 241 g/mol. The molecule has 1 heterocycles. The molecule has 0 bridgehead atoms. The van der Waals surface area contributed by atoms with Gasteiger partial charge >= 0.3 is 0 Å². The van der Waals surface area contributed by atoms with Crippen molar-refractivity contribution in [2.75, 3.05) is 0 Å². The highest BCUT2D eigenvalue weighted by Gasteiger charge is 2.10. The maximum absolute atomic E-state index is 13.1. The molecule has 1 N–H and O–H groups in total. The molecule has 7 heteroatoms. The standard InChI is InChI=1S/C11H8FN3O3/c1-6-9(12)11(16)14-10(13-6)7-2-4-8(5-3-7)15(17)18/h2-5H,1H3,(H,13,14,16). The van der Waals surface area contributed by atoms with Crippen LogP contribution in [0.15, 0.2) is 29.1 Å². The van der Waals surface area contributed by atoms with E-state index in [9.17, 15) is 19.3 Å². The van der Waals surface area contributed by atoms with Gasteiger partial charge < -0.3 is 4.98 Å². The van der Waals surface area contributed by atoms with Gasteiger partial charge in [-0.15, -0.1) is 0 Å². The number of nitrogens with one attached hydrogen (secondary N) is 1. The lowest BCUT2D eigenvalue weighted by Gasteiger charge is -2.02. The van der Waals surface area contributed by atoms with E-state index in [1.807, 2.05) is 0 Å². The predicted molar refractivity (Wildman–Crippen MR) is 61.6 cm³/mol. The van der Waals surface area contributed by atoms with E-state index in [1.165, 1.54) is 31.2 Å². The molecule has 18 heavy (non-hydrogen) atoms. The lowest BCUT2D eigenvalue weighted by Crippen LogP contribution is -2.15. The van der Waals surface area contributed by atoms with Crippen LogP contribution in [0.2, 0.25) is 0 Å². The average molecular weight is 249 g/mol. The van der Waals surface area contributed by atoms with E-state index in [2.05, 4.69) is 9.97 Å². The first kappa shape index (κ1) is 11.9. The molecular formula is C11H8FN3O3. The first-order chi connectivity index (χ1) is 8.49. The van der Waals surface area contributed by atoms with Crippen LogP contribution >= 0.6 is 0 Å². The number of halogens is 1. The molecule has 0 saturated carbocycles. The Morgan fingerprint density at radius 2 is 1.94 bits per heavy atom. The zero-order valence-corrected chi connectivity index (χ0v) is 9.31. The number of hydrogen-bond donors (Lipinski definition) is 1. The van der Waals surface area contributed by atoms with Crippen LogP contribution in [0, 0.1) is 22.9 Å². The van der Waals surface area contributed by atoms with E-state index in [1.54, 1.807) is 0 Å². The first-order valence-corrected chi connectivity index (χ1v) is 5.00. The highest BCUT2D eigenvalue weighted by atomic mass is 19.1. The van der Waals surface area contributed by atoms with Crippen molar-refractivity contribution in [2.24, 2.45) is 0 Å². The number of nitro groups is 1. The Morgan fingerprint density at radius 1 is 1.33 bits per heavy atom. The zero-order chi connectivity index (χ0) is 13.3. The first-order valence-electron chi connectivity index (χ1n) is 5.00. The number of nitrogens with zero attached hydrogens (tertiary/aromatic N) is 2. The molecule has 2 rings (SSSR count). The number of aryl methyl sites for hydroxylation is 1. The third kappa shape index (κ3) is 2.10. The van der Waals surface area contributed by atoms with Gasteiger partial charge in [-0.25, -0.2) is 4.98 Å². The zero-order valence-electron chi connectivity index (χ0n) is 9.31. The Morgan fingerprint density at radius 3 is 2.44 bits per heavy atom. The largest absolute Gasteiger partial charge is 0.304 e. The van der Waals surface area contributed by atoms with Gasteiger partial charge in [0.05, 0.1) is 10.6 Å². The molecule has 6 nitrogen and oxygen atoms in total. The summed E-state index contributed by atoms with van der Waals surface area (Å²) in [7, 11) is 0. The molecule has 1 aromatic carbocycles. The molecule has 0 atom stereocenters. The maximum Gasteiger partial charge on any atom is 0.287 e. The van der Waals surface area contributed by atoms with Crippen molar-refractivity contribution in [3.05, 3.63) is 56.2 Å². The van der Waals surface area contributed by atoms with Crippen molar-refractivity contribution in [1.82, 2.24) is 9.97 Å². The van der Waals surface area contributed by atoms with E-state index >= 15 is 0 Å². The van der Waals surface area contributed by atoms with Gasteiger partial charge in [0.1, 0.15) is 5.82 Å². The summed E-state index contributed by atoms with van der Waals surface area (Å²) in [5.41, 5.74) is -0.483. The van der Waals surface area contributed by atoms with Crippen molar-refractivity contribution in [3.8, 4) is 11.4 Å². The van der Waals surface area contributed by atoms with E-state index in [0.29, 0.717) is 5.56 Å². The normalized spacial score (nSPS) is 10.3. The van der Waals surface area contributed by atoms with E-state index in [4.69, 9.17) is 0 Å². The minimum absolute atomic E-state index is 0.0212. The van der Waals surface area contributed by atoms with Gasteiger partial charge in [0.15, 0.2) is 0 Å². The van der Waals surface area contributed by atoms with Crippen LogP contribution in [-0.2, 0) is 0 Å². The second kappa shape index (κ2) is 4.36.